The second kappa shape index (κ2) is 7.89. The summed E-state index contributed by atoms with van der Waals surface area (Å²) in [5.41, 5.74) is 2.98. The van der Waals surface area contributed by atoms with Crippen LogP contribution in [0.2, 0.25) is 0 Å². The molecule has 1 aliphatic rings. The van der Waals surface area contributed by atoms with Gasteiger partial charge in [0.25, 0.3) is 5.89 Å². The van der Waals surface area contributed by atoms with E-state index in [1.165, 1.54) is 11.3 Å². The number of carbonyl (C=O) groups is 1. The first kappa shape index (κ1) is 18.8. The average molecular weight is 420 g/mol. The van der Waals surface area contributed by atoms with Crippen molar-refractivity contribution in [1.82, 2.24) is 15.5 Å². The molecule has 0 radical (unpaired) electrons. The highest BCUT2D eigenvalue weighted by Gasteiger charge is 2.26. The zero-order valence-corrected chi connectivity index (χ0v) is 17.2. The lowest BCUT2D eigenvalue weighted by Gasteiger charge is -2.12. The lowest BCUT2D eigenvalue weighted by Crippen LogP contribution is -2.28. The van der Waals surface area contributed by atoms with Crippen molar-refractivity contribution in [2.24, 2.45) is 0 Å². The van der Waals surface area contributed by atoms with E-state index in [0.29, 0.717) is 36.5 Å². The summed E-state index contributed by atoms with van der Waals surface area (Å²) in [6, 6.07) is 14.0. The summed E-state index contributed by atoms with van der Waals surface area (Å²) < 4.78 is 11.0. The molecule has 4 aromatic rings. The number of fused-ring (bicyclic) bond motifs is 2. The number of rotatable bonds is 4. The fourth-order valence-electron chi connectivity index (χ4n) is 3.71. The second-order valence-electron chi connectivity index (χ2n) is 7.10. The van der Waals surface area contributed by atoms with Gasteiger partial charge in [-0.2, -0.15) is 4.98 Å². The van der Waals surface area contributed by atoms with Crippen molar-refractivity contribution in [2.75, 3.05) is 11.9 Å². The number of ether oxygens (including phenoxy) is 1. The molecule has 0 atom stereocenters. The summed E-state index contributed by atoms with van der Waals surface area (Å²) in [7, 11) is 0. The summed E-state index contributed by atoms with van der Waals surface area (Å²) in [5.74, 6) is 0.986. The van der Waals surface area contributed by atoms with Gasteiger partial charge in [0.05, 0.1) is 18.8 Å². The number of amides is 2. The Balaban J connectivity index is 1.38. The average Bonchev–Trinajstić information content (AvgIpc) is 3.34. The minimum absolute atomic E-state index is 0.278. The number of aryl methyl sites for hydroxylation is 1. The van der Waals surface area contributed by atoms with Gasteiger partial charge >= 0.3 is 6.03 Å². The highest BCUT2D eigenvalue weighted by atomic mass is 32.1. The maximum absolute atomic E-state index is 12.7. The normalized spacial score (nSPS) is 13.2. The molecule has 1 aliphatic heterocycles. The number of thiophene rings is 1. The van der Waals surface area contributed by atoms with E-state index in [1.54, 1.807) is 6.92 Å². The molecule has 152 valence electrons. The van der Waals surface area contributed by atoms with Gasteiger partial charge in [-0.1, -0.05) is 47.6 Å². The fourth-order valence-corrected chi connectivity index (χ4v) is 4.89. The topological polar surface area (TPSA) is 89.3 Å². The van der Waals surface area contributed by atoms with Crippen molar-refractivity contribution in [1.29, 1.82) is 0 Å². The van der Waals surface area contributed by atoms with Crippen LogP contribution < -0.4 is 10.6 Å². The Hall–Kier alpha value is -3.23. The molecule has 0 saturated carbocycles. The van der Waals surface area contributed by atoms with Gasteiger partial charge in [-0.05, 0) is 35.2 Å². The zero-order valence-electron chi connectivity index (χ0n) is 16.4. The molecule has 0 aliphatic carbocycles. The van der Waals surface area contributed by atoms with E-state index in [1.807, 2.05) is 24.3 Å². The van der Waals surface area contributed by atoms with E-state index in [-0.39, 0.29) is 6.03 Å². The summed E-state index contributed by atoms with van der Waals surface area (Å²) in [6.45, 7) is 3.37. The van der Waals surface area contributed by atoms with E-state index < -0.39 is 0 Å². The number of aromatic nitrogens is 2. The van der Waals surface area contributed by atoms with Crippen LogP contribution in [-0.4, -0.2) is 22.8 Å². The van der Waals surface area contributed by atoms with Crippen LogP contribution >= 0.6 is 11.3 Å². The molecule has 5 rings (SSSR count). The molecule has 0 bridgehead atoms. The van der Waals surface area contributed by atoms with Gasteiger partial charge in [-0.25, -0.2) is 4.79 Å². The number of hydrogen-bond donors (Lipinski definition) is 2. The molecule has 3 heterocycles. The third kappa shape index (κ3) is 3.55. The van der Waals surface area contributed by atoms with Crippen LogP contribution in [0.1, 0.15) is 21.8 Å². The maximum atomic E-state index is 12.7. The number of nitrogens with zero attached hydrogens (tertiary/aromatic N) is 2. The van der Waals surface area contributed by atoms with Gasteiger partial charge in [0.15, 0.2) is 5.82 Å². The number of anilines is 1. The molecule has 7 nitrogen and oxygen atoms in total. The molecule has 2 aromatic carbocycles. The van der Waals surface area contributed by atoms with E-state index in [2.05, 4.69) is 39.0 Å². The number of benzene rings is 2. The highest BCUT2D eigenvalue weighted by molar-refractivity contribution is 7.17. The quantitative estimate of drug-likeness (QED) is 0.501. The van der Waals surface area contributed by atoms with Crippen LogP contribution in [0.25, 0.3) is 22.2 Å². The van der Waals surface area contributed by atoms with E-state index in [4.69, 9.17) is 9.26 Å². The molecular formula is C22H20N4O3S. The number of hydrogen-bond acceptors (Lipinski definition) is 6. The third-order valence-corrected chi connectivity index (χ3v) is 6.23. The van der Waals surface area contributed by atoms with E-state index >= 15 is 0 Å². The Morgan fingerprint density at radius 3 is 2.93 bits per heavy atom. The second-order valence-corrected chi connectivity index (χ2v) is 8.21. The number of nitrogens with one attached hydrogen (secondary N) is 2. The molecule has 2 N–H and O–H groups in total. The SMILES string of the molecule is Cc1noc(-c2c(NC(=O)NCc3cccc4ccccc34)sc3c2CCOC3)n1. The standard InChI is InChI=1S/C22H20N4O3S/c1-13-24-20(29-26-13)19-17-9-10-28-12-18(17)30-21(19)25-22(27)23-11-15-7-4-6-14-5-2-3-8-16(14)15/h2-8H,9-12H2,1H3,(H2,23,25,27). The Labute approximate surface area is 177 Å². The van der Waals surface area contributed by atoms with Crippen LogP contribution in [0.5, 0.6) is 0 Å². The first-order valence-electron chi connectivity index (χ1n) is 9.73. The van der Waals surface area contributed by atoms with Gasteiger partial charge in [0.2, 0.25) is 0 Å². The number of urea groups is 1. The Morgan fingerprint density at radius 1 is 1.20 bits per heavy atom. The summed E-state index contributed by atoms with van der Waals surface area (Å²) in [4.78, 5) is 18.2. The van der Waals surface area contributed by atoms with Gasteiger partial charge in [-0.15, -0.1) is 11.3 Å². The Bertz CT molecular complexity index is 1230. The van der Waals surface area contributed by atoms with Crippen LogP contribution in [0, 0.1) is 6.92 Å². The molecule has 2 amide bonds. The minimum Gasteiger partial charge on any atom is -0.376 e. The van der Waals surface area contributed by atoms with Crippen molar-refractivity contribution >= 4 is 33.1 Å². The smallest absolute Gasteiger partial charge is 0.320 e. The lowest BCUT2D eigenvalue weighted by molar-refractivity contribution is 0.113. The molecule has 0 saturated heterocycles. The van der Waals surface area contributed by atoms with Gasteiger partial charge < -0.3 is 14.6 Å². The first-order chi connectivity index (χ1) is 14.7. The van der Waals surface area contributed by atoms with E-state index in [9.17, 15) is 4.79 Å². The van der Waals surface area contributed by atoms with Crippen LogP contribution in [0.15, 0.2) is 47.0 Å². The highest BCUT2D eigenvalue weighted by Crippen LogP contribution is 2.42. The van der Waals surface area contributed by atoms with Crippen LogP contribution in [0.3, 0.4) is 0 Å². The molecule has 0 spiro atoms. The molecule has 0 fully saturated rings. The lowest BCUT2D eigenvalue weighted by atomic mass is 10.0. The maximum Gasteiger partial charge on any atom is 0.320 e. The largest absolute Gasteiger partial charge is 0.376 e. The van der Waals surface area contributed by atoms with Crippen LogP contribution in [-0.2, 0) is 24.3 Å². The van der Waals surface area contributed by atoms with E-state index in [0.717, 1.165) is 38.8 Å². The zero-order chi connectivity index (χ0) is 20.5. The van der Waals surface area contributed by atoms with Crippen molar-refractivity contribution in [3.63, 3.8) is 0 Å². The molecule has 30 heavy (non-hydrogen) atoms. The van der Waals surface area contributed by atoms with Gasteiger partial charge in [0, 0.05) is 11.4 Å². The van der Waals surface area contributed by atoms with Crippen molar-refractivity contribution in [3.8, 4) is 11.5 Å². The summed E-state index contributed by atoms with van der Waals surface area (Å²) >= 11 is 1.49. The molecule has 0 unspecified atom stereocenters. The molecule has 8 heteroatoms. The predicted octanol–water partition coefficient (Wildman–Crippen LogP) is 4.65. The number of carbonyl (C=O) groups excluding carboxylic acids is 1. The molecule has 2 aromatic heterocycles. The first-order valence-corrected chi connectivity index (χ1v) is 10.5. The summed E-state index contributed by atoms with van der Waals surface area (Å²) in [6.07, 6.45) is 0.752. The Morgan fingerprint density at radius 2 is 2.07 bits per heavy atom. The third-order valence-electron chi connectivity index (χ3n) is 5.11. The predicted molar refractivity (Wildman–Crippen MR) is 116 cm³/mol. The van der Waals surface area contributed by atoms with Crippen molar-refractivity contribution in [2.45, 2.75) is 26.5 Å². The fraction of sp³-hybridized carbons (Fsp3) is 0.227. The molecular weight excluding hydrogens is 400 g/mol. The minimum atomic E-state index is -0.278. The van der Waals surface area contributed by atoms with Crippen molar-refractivity contribution in [3.05, 3.63) is 64.3 Å². The van der Waals surface area contributed by atoms with Crippen molar-refractivity contribution < 1.29 is 14.1 Å². The van der Waals surface area contributed by atoms with Crippen LogP contribution in [0.4, 0.5) is 9.80 Å². The van der Waals surface area contributed by atoms with Gasteiger partial charge in [-0.3, -0.25) is 5.32 Å². The Kier molecular flexibility index (Phi) is 4.94. The van der Waals surface area contributed by atoms with Gasteiger partial charge in [0.1, 0.15) is 5.00 Å². The summed E-state index contributed by atoms with van der Waals surface area (Å²) in [5, 5.41) is 12.8. The monoisotopic (exact) mass is 420 g/mol.